The van der Waals surface area contributed by atoms with Crippen LogP contribution in [0.5, 0.6) is 0 Å². The first-order valence-electron chi connectivity index (χ1n) is 9.98. The van der Waals surface area contributed by atoms with Crippen LogP contribution in [-0.4, -0.2) is 49.5 Å². The van der Waals surface area contributed by atoms with Crippen molar-refractivity contribution >= 4 is 32.5 Å². The predicted molar refractivity (Wildman–Crippen MR) is 116 cm³/mol. The molecule has 8 heteroatoms. The molecule has 2 aromatic carbocycles. The van der Waals surface area contributed by atoms with Gasteiger partial charge in [0.15, 0.2) is 0 Å². The van der Waals surface area contributed by atoms with E-state index in [1.165, 1.54) is 10.4 Å². The number of nitrogens with one attached hydrogen (secondary N) is 1. The van der Waals surface area contributed by atoms with Crippen LogP contribution in [0.25, 0.3) is 10.9 Å². The molecule has 0 saturated carbocycles. The maximum Gasteiger partial charge on any atom is 0.255 e. The molecule has 7 nitrogen and oxygen atoms in total. The second kappa shape index (κ2) is 8.22. The number of fused-ring (bicyclic) bond motifs is 1. The van der Waals surface area contributed by atoms with Crippen molar-refractivity contribution in [2.24, 2.45) is 7.05 Å². The number of sulfonamides is 1. The highest BCUT2D eigenvalue weighted by Gasteiger charge is 2.29. The molecule has 0 atom stereocenters. The summed E-state index contributed by atoms with van der Waals surface area (Å²) >= 11 is 0. The average Bonchev–Trinajstić information content (AvgIpc) is 3.15. The van der Waals surface area contributed by atoms with E-state index >= 15 is 0 Å². The Hall–Kier alpha value is -2.68. The van der Waals surface area contributed by atoms with E-state index in [1.54, 1.807) is 12.1 Å². The Bertz CT molecular complexity index is 1190. The summed E-state index contributed by atoms with van der Waals surface area (Å²) in [6, 6.07) is 12.5. The van der Waals surface area contributed by atoms with Gasteiger partial charge in [-0.1, -0.05) is 19.1 Å². The first-order valence-corrected chi connectivity index (χ1v) is 11.4. The van der Waals surface area contributed by atoms with Crippen molar-refractivity contribution in [2.45, 2.75) is 18.2 Å². The van der Waals surface area contributed by atoms with Crippen LogP contribution in [0.2, 0.25) is 0 Å². The lowest BCUT2D eigenvalue weighted by atomic mass is 10.1. The first-order chi connectivity index (χ1) is 14.4. The maximum absolute atomic E-state index is 13.2. The summed E-state index contributed by atoms with van der Waals surface area (Å²) in [7, 11) is -1.75. The van der Waals surface area contributed by atoms with Gasteiger partial charge in [-0.25, -0.2) is 8.42 Å². The van der Waals surface area contributed by atoms with Crippen LogP contribution >= 0.6 is 0 Å². The highest BCUT2D eigenvalue weighted by molar-refractivity contribution is 7.89. The van der Waals surface area contributed by atoms with E-state index in [-0.39, 0.29) is 10.8 Å². The molecular weight excluding hydrogens is 402 g/mol. The number of amides is 1. The lowest BCUT2D eigenvalue weighted by molar-refractivity contribution is 0.0730. The fourth-order valence-corrected chi connectivity index (χ4v) is 5.49. The summed E-state index contributed by atoms with van der Waals surface area (Å²) in [6.45, 7) is 3.29. The molecule has 1 aliphatic heterocycles. The van der Waals surface area contributed by atoms with Crippen LogP contribution in [0.3, 0.4) is 0 Å². The van der Waals surface area contributed by atoms with Crippen LogP contribution in [0.1, 0.15) is 22.8 Å². The van der Waals surface area contributed by atoms with Gasteiger partial charge in [0, 0.05) is 42.8 Å². The number of anilines is 1. The largest absolute Gasteiger partial charge is 0.379 e. The summed E-state index contributed by atoms with van der Waals surface area (Å²) in [4.78, 5) is 13.2. The van der Waals surface area contributed by atoms with Crippen LogP contribution in [0, 0.1) is 0 Å². The fraction of sp³-hybridized carbons (Fsp3) is 0.318. The van der Waals surface area contributed by atoms with Gasteiger partial charge in [0.1, 0.15) is 0 Å². The van der Waals surface area contributed by atoms with E-state index < -0.39 is 10.0 Å². The van der Waals surface area contributed by atoms with Gasteiger partial charge >= 0.3 is 0 Å². The van der Waals surface area contributed by atoms with Crippen molar-refractivity contribution in [1.82, 2.24) is 8.87 Å². The van der Waals surface area contributed by atoms with Gasteiger partial charge in [-0.15, -0.1) is 0 Å². The minimum atomic E-state index is -3.70. The highest BCUT2D eigenvalue weighted by atomic mass is 32.2. The minimum Gasteiger partial charge on any atom is -0.379 e. The zero-order valence-corrected chi connectivity index (χ0v) is 17.9. The SMILES string of the molecule is CCc1ccc(C(=O)Nc2cccc3c2ccn3C)cc1S(=O)(=O)N1CCOCC1. The molecule has 1 aliphatic rings. The highest BCUT2D eigenvalue weighted by Crippen LogP contribution is 2.26. The Morgan fingerprint density at radius 3 is 2.63 bits per heavy atom. The lowest BCUT2D eigenvalue weighted by Gasteiger charge is -2.27. The molecule has 30 heavy (non-hydrogen) atoms. The van der Waals surface area contributed by atoms with Crippen LogP contribution < -0.4 is 5.32 Å². The van der Waals surface area contributed by atoms with Crippen molar-refractivity contribution in [1.29, 1.82) is 0 Å². The third-order valence-corrected chi connectivity index (χ3v) is 7.46. The zero-order chi connectivity index (χ0) is 21.3. The van der Waals surface area contributed by atoms with E-state index in [2.05, 4.69) is 5.32 Å². The van der Waals surface area contributed by atoms with Crippen LogP contribution in [0.15, 0.2) is 53.6 Å². The van der Waals surface area contributed by atoms with Crippen molar-refractivity contribution in [3.05, 3.63) is 59.8 Å². The van der Waals surface area contributed by atoms with E-state index in [0.29, 0.717) is 49.5 Å². The Morgan fingerprint density at radius 2 is 1.90 bits per heavy atom. The normalized spacial score (nSPS) is 15.4. The number of rotatable bonds is 5. The second-order valence-electron chi connectivity index (χ2n) is 7.31. The number of hydrogen-bond acceptors (Lipinski definition) is 4. The van der Waals surface area contributed by atoms with Crippen LogP contribution in [0.4, 0.5) is 5.69 Å². The average molecular weight is 428 g/mol. The monoisotopic (exact) mass is 427 g/mol. The number of hydrogen-bond donors (Lipinski definition) is 1. The molecule has 0 bridgehead atoms. The molecule has 0 spiro atoms. The van der Waals surface area contributed by atoms with Gasteiger partial charge in [-0.05, 0) is 42.3 Å². The number of carbonyl (C=O) groups is 1. The third kappa shape index (κ3) is 3.74. The van der Waals surface area contributed by atoms with Crippen molar-refractivity contribution in [3.63, 3.8) is 0 Å². The smallest absolute Gasteiger partial charge is 0.255 e. The first kappa shape index (κ1) is 20.6. The molecule has 3 aromatic rings. The second-order valence-corrected chi connectivity index (χ2v) is 9.22. The molecule has 158 valence electrons. The van der Waals surface area contributed by atoms with Gasteiger partial charge in [-0.2, -0.15) is 4.31 Å². The maximum atomic E-state index is 13.2. The van der Waals surface area contributed by atoms with Crippen molar-refractivity contribution in [3.8, 4) is 0 Å². The van der Waals surface area contributed by atoms with E-state index in [1.807, 2.05) is 49.0 Å². The summed E-state index contributed by atoms with van der Waals surface area (Å²) in [5.41, 5.74) is 2.70. The third-order valence-electron chi connectivity index (χ3n) is 5.47. The molecule has 1 saturated heterocycles. The van der Waals surface area contributed by atoms with Gasteiger partial charge < -0.3 is 14.6 Å². The van der Waals surface area contributed by atoms with E-state index in [0.717, 1.165) is 10.9 Å². The molecule has 0 unspecified atom stereocenters. The number of aryl methyl sites for hydroxylation is 2. The summed E-state index contributed by atoms with van der Waals surface area (Å²) in [5, 5.41) is 3.86. The number of nitrogens with zero attached hydrogens (tertiary/aromatic N) is 2. The van der Waals surface area contributed by atoms with Gasteiger partial charge in [0.25, 0.3) is 5.91 Å². The summed E-state index contributed by atoms with van der Waals surface area (Å²) < 4.78 is 35.1. The molecule has 1 fully saturated rings. The number of carbonyl (C=O) groups excluding carboxylic acids is 1. The Kier molecular flexibility index (Phi) is 5.64. The number of benzene rings is 2. The van der Waals surface area contributed by atoms with Crippen molar-refractivity contribution in [2.75, 3.05) is 31.6 Å². The topological polar surface area (TPSA) is 80.6 Å². The fourth-order valence-electron chi connectivity index (χ4n) is 3.76. The molecule has 0 radical (unpaired) electrons. The number of ether oxygens (including phenoxy) is 1. The Labute approximate surface area is 176 Å². The van der Waals surface area contributed by atoms with Gasteiger partial charge in [-0.3, -0.25) is 4.79 Å². The van der Waals surface area contributed by atoms with Crippen molar-refractivity contribution < 1.29 is 17.9 Å². The number of morpholine rings is 1. The Balaban J connectivity index is 1.67. The lowest BCUT2D eigenvalue weighted by Crippen LogP contribution is -2.41. The molecule has 4 rings (SSSR count). The van der Waals surface area contributed by atoms with E-state index in [4.69, 9.17) is 4.74 Å². The number of aromatic nitrogens is 1. The summed E-state index contributed by atoms with van der Waals surface area (Å²) in [6.07, 6.45) is 2.49. The molecule has 1 amide bonds. The Morgan fingerprint density at radius 1 is 1.13 bits per heavy atom. The van der Waals surface area contributed by atoms with Crippen LogP contribution in [-0.2, 0) is 28.2 Å². The van der Waals surface area contributed by atoms with Gasteiger partial charge in [0.2, 0.25) is 10.0 Å². The van der Waals surface area contributed by atoms with E-state index in [9.17, 15) is 13.2 Å². The quantitative estimate of drug-likeness (QED) is 0.679. The molecule has 0 aliphatic carbocycles. The van der Waals surface area contributed by atoms with Gasteiger partial charge in [0.05, 0.1) is 23.8 Å². The summed E-state index contributed by atoms with van der Waals surface area (Å²) in [5.74, 6) is -0.340. The molecular formula is C22H25N3O4S. The molecule has 1 N–H and O–H groups in total. The standard InChI is InChI=1S/C22H25N3O4S/c1-3-16-7-8-17(15-21(16)30(27,28)25-11-13-29-14-12-25)22(26)23-19-5-4-6-20-18(19)9-10-24(20)2/h4-10,15H,3,11-14H2,1-2H3,(H,23,26). The molecule has 2 heterocycles. The predicted octanol–water partition coefficient (Wildman–Crippen LogP) is 3.01. The zero-order valence-electron chi connectivity index (χ0n) is 17.1. The minimum absolute atomic E-state index is 0.192. The molecule has 1 aromatic heterocycles.